The third kappa shape index (κ3) is 2.10. The number of β-amino-alcohol motifs (C(OH)–C–C–N with tert-alkyl or cyclic N) is 1. The number of rotatable bonds is 2. The Morgan fingerprint density at radius 1 is 1.69 bits per heavy atom. The zero-order valence-corrected chi connectivity index (χ0v) is 8.66. The number of nitrogens with one attached hydrogen (secondary N) is 1. The molecule has 1 saturated heterocycles. The van der Waals surface area contributed by atoms with E-state index in [4.69, 9.17) is 0 Å². The summed E-state index contributed by atoms with van der Waals surface area (Å²) in [7, 11) is 0. The summed E-state index contributed by atoms with van der Waals surface area (Å²) in [6, 6.07) is 2.17. The number of thiophene rings is 1. The van der Waals surface area contributed by atoms with E-state index in [0.717, 1.165) is 25.9 Å². The van der Waals surface area contributed by atoms with Gasteiger partial charge in [0.05, 0.1) is 5.60 Å². The molecule has 1 aromatic rings. The van der Waals surface area contributed by atoms with Gasteiger partial charge < -0.3 is 10.4 Å². The highest BCUT2D eigenvalue weighted by atomic mass is 32.1. The summed E-state index contributed by atoms with van der Waals surface area (Å²) in [5.41, 5.74) is 0.779. The molecule has 2 heterocycles. The molecule has 0 amide bonds. The van der Waals surface area contributed by atoms with Crippen LogP contribution in [0.25, 0.3) is 0 Å². The normalized spacial score (nSPS) is 28.2. The topological polar surface area (TPSA) is 32.3 Å². The van der Waals surface area contributed by atoms with Crippen molar-refractivity contribution in [1.29, 1.82) is 0 Å². The summed E-state index contributed by atoms with van der Waals surface area (Å²) in [5.74, 6) is 0. The number of aryl methyl sites for hydroxylation is 1. The predicted molar refractivity (Wildman–Crippen MR) is 55.2 cm³/mol. The van der Waals surface area contributed by atoms with Gasteiger partial charge in [-0.1, -0.05) is 0 Å². The Kier molecular flexibility index (Phi) is 2.41. The molecule has 1 aromatic heterocycles. The van der Waals surface area contributed by atoms with Crippen molar-refractivity contribution < 1.29 is 5.11 Å². The second-order valence-electron chi connectivity index (χ2n) is 3.89. The van der Waals surface area contributed by atoms with Gasteiger partial charge in [0.15, 0.2) is 0 Å². The van der Waals surface area contributed by atoms with Crippen LogP contribution in [0, 0.1) is 6.92 Å². The van der Waals surface area contributed by atoms with Crippen molar-refractivity contribution in [2.45, 2.75) is 25.4 Å². The minimum Gasteiger partial charge on any atom is -0.388 e. The maximum Gasteiger partial charge on any atom is 0.0824 e. The average Bonchev–Trinajstić information content (AvgIpc) is 2.62. The molecule has 13 heavy (non-hydrogen) atoms. The first-order valence-corrected chi connectivity index (χ1v) is 5.53. The first kappa shape index (κ1) is 9.19. The third-order valence-corrected chi connectivity index (χ3v) is 3.45. The van der Waals surface area contributed by atoms with Crippen LogP contribution in [-0.4, -0.2) is 23.8 Å². The zero-order chi connectivity index (χ0) is 9.31. The van der Waals surface area contributed by atoms with Gasteiger partial charge in [0.25, 0.3) is 0 Å². The summed E-state index contributed by atoms with van der Waals surface area (Å²) < 4.78 is 0. The zero-order valence-electron chi connectivity index (χ0n) is 7.84. The molecular weight excluding hydrogens is 182 g/mol. The molecule has 2 rings (SSSR count). The summed E-state index contributed by atoms with van der Waals surface area (Å²) >= 11 is 1.75. The van der Waals surface area contributed by atoms with Crippen molar-refractivity contribution in [2.24, 2.45) is 0 Å². The second-order valence-corrected chi connectivity index (χ2v) is 5.01. The SMILES string of the molecule is Cc1cc(CC2(O)CCNC2)cs1. The van der Waals surface area contributed by atoms with Crippen molar-refractivity contribution in [1.82, 2.24) is 5.32 Å². The average molecular weight is 197 g/mol. The minimum absolute atomic E-state index is 0.493. The van der Waals surface area contributed by atoms with E-state index in [1.807, 2.05) is 0 Å². The first-order chi connectivity index (χ1) is 6.18. The van der Waals surface area contributed by atoms with Gasteiger partial charge >= 0.3 is 0 Å². The van der Waals surface area contributed by atoms with E-state index in [2.05, 4.69) is 23.7 Å². The van der Waals surface area contributed by atoms with E-state index in [1.165, 1.54) is 10.4 Å². The number of hydrogen-bond donors (Lipinski definition) is 2. The summed E-state index contributed by atoms with van der Waals surface area (Å²) in [5, 5.41) is 15.4. The van der Waals surface area contributed by atoms with Crippen LogP contribution >= 0.6 is 11.3 Å². The molecule has 1 fully saturated rings. The van der Waals surface area contributed by atoms with Crippen molar-refractivity contribution in [3.8, 4) is 0 Å². The molecule has 1 aliphatic heterocycles. The van der Waals surface area contributed by atoms with Crippen LogP contribution in [0.2, 0.25) is 0 Å². The molecule has 0 saturated carbocycles. The fraction of sp³-hybridized carbons (Fsp3) is 0.600. The van der Waals surface area contributed by atoms with Crippen LogP contribution in [0.15, 0.2) is 11.4 Å². The van der Waals surface area contributed by atoms with Crippen LogP contribution in [-0.2, 0) is 6.42 Å². The number of aliphatic hydroxyl groups is 1. The van der Waals surface area contributed by atoms with Gasteiger partial charge in [-0.05, 0) is 36.9 Å². The molecule has 2 nitrogen and oxygen atoms in total. The van der Waals surface area contributed by atoms with Crippen molar-refractivity contribution in [3.63, 3.8) is 0 Å². The minimum atomic E-state index is -0.493. The van der Waals surface area contributed by atoms with Gasteiger partial charge in [-0.3, -0.25) is 0 Å². The quantitative estimate of drug-likeness (QED) is 0.749. The first-order valence-electron chi connectivity index (χ1n) is 4.65. The van der Waals surface area contributed by atoms with Crippen molar-refractivity contribution in [2.75, 3.05) is 13.1 Å². The molecule has 0 radical (unpaired) electrons. The summed E-state index contributed by atoms with van der Waals surface area (Å²) in [6.07, 6.45) is 1.67. The van der Waals surface area contributed by atoms with E-state index >= 15 is 0 Å². The fourth-order valence-corrected chi connectivity index (χ4v) is 2.56. The van der Waals surface area contributed by atoms with Crippen molar-refractivity contribution in [3.05, 3.63) is 21.9 Å². The van der Waals surface area contributed by atoms with Crippen LogP contribution in [0.1, 0.15) is 16.9 Å². The van der Waals surface area contributed by atoms with Crippen LogP contribution < -0.4 is 5.32 Å². The Hall–Kier alpha value is -0.380. The van der Waals surface area contributed by atoms with Crippen LogP contribution in [0.4, 0.5) is 0 Å². The molecule has 1 aliphatic rings. The maximum atomic E-state index is 10.1. The van der Waals surface area contributed by atoms with E-state index in [1.54, 1.807) is 11.3 Å². The lowest BCUT2D eigenvalue weighted by atomic mass is 9.95. The molecule has 1 unspecified atom stereocenters. The molecule has 2 N–H and O–H groups in total. The summed E-state index contributed by atoms with van der Waals surface area (Å²) in [4.78, 5) is 1.32. The highest BCUT2D eigenvalue weighted by molar-refractivity contribution is 7.10. The second kappa shape index (κ2) is 3.40. The lowest BCUT2D eigenvalue weighted by Gasteiger charge is -2.20. The Labute approximate surface area is 82.6 Å². The standard InChI is InChI=1S/C10H15NOS/c1-8-4-9(6-13-8)5-10(12)2-3-11-7-10/h4,6,11-12H,2-3,5,7H2,1H3. The highest BCUT2D eigenvalue weighted by Gasteiger charge is 2.31. The van der Waals surface area contributed by atoms with Gasteiger partial charge in [-0.2, -0.15) is 0 Å². The van der Waals surface area contributed by atoms with E-state index in [-0.39, 0.29) is 0 Å². The van der Waals surface area contributed by atoms with Crippen molar-refractivity contribution >= 4 is 11.3 Å². The molecule has 1 atom stereocenters. The molecule has 0 bridgehead atoms. The molecule has 0 aliphatic carbocycles. The lowest BCUT2D eigenvalue weighted by molar-refractivity contribution is 0.0620. The van der Waals surface area contributed by atoms with Gasteiger partial charge in [-0.15, -0.1) is 11.3 Å². The Balaban J connectivity index is 2.04. The van der Waals surface area contributed by atoms with Gasteiger partial charge in [0, 0.05) is 17.8 Å². The van der Waals surface area contributed by atoms with Gasteiger partial charge in [0.1, 0.15) is 0 Å². The fourth-order valence-electron chi connectivity index (χ4n) is 1.85. The lowest BCUT2D eigenvalue weighted by Crippen LogP contribution is -2.33. The maximum absolute atomic E-state index is 10.1. The Morgan fingerprint density at radius 2 is 2.54 bits per heavy atom. The van der Waals surface area contributed by atoms with E-state index in [9.17, 15) is 5.11 Å². The summed E-state index contributed by atoms with van der Waals surface area (Å²) in [6.45, 7) is 3.78. The predicted octanol–water partition coefficient (Wildman–Crippen LogP) is 1.32. The van der Waals surface area contributed by atoms with Crippen LogP contribution in [0.5, 0.6) is 0 Å². The largest absolute Gasteiger partial charge is 0.388 e. The van der Waals surface area contributed by atoms with E-state index < -0.39 is 5.60 Å². The highest BCUT2D eigenvalue weighted by Crippen LogP contribution is 2.23. The number of hydrogen-bond acceptors (Lipinski definition) is 3. The Bertz CT molecular complexity index is 289. The third-order valence-electron chi connectivity index (χ3n) is 2.54. The van der Waals surface area contributed by atoms with Gasteiger partial charge in [0.2, 0.25) is 0 Å². The van der Waals surface area contributed by atoms with E-state index in [0.29, 0.717) is 0 Å². The molecule has 0 spiro atoms. The van der Waals surface area contributed by atoms with Gasteiger partial charge in [-0.25, -0.2) is 0 Å². The molecular formula is C10H15NOS. The smallest absolute Gasteiger partial charge is 0.0824 e. The monoisotopic (exact) mass is 197 g/mol. The van der Waals surface area contributed by atoms with Crippen LogP contribution in [0.3, 0.4) is 0 Å². The molecule has 72 valence electrons. The Morgan fingerprint density at radius 3 is 3.08 bits per heavy atom. The molecule has 3 heteroatoms. The molecule has 0 aromatic carbocycles.